The van der Waals surface area contributed by atoms with E-state index < -0.39 is 0 Å². The molecule has 2 heteroatoms. The highest BCUT2D eigenvalue weighted by molar-refractivity contribution is 5.46. The maximum atomic E-state index is 5.78. The zero-order chi connectivity index (χ0) is 9.97. The van der Waals surface area contributed by atoms with E-state index in [1.807, 2.05) is 6.07 Å². The lowest BCUT2D eigenvalue weighted by atomic mass is 9.88. The molecule has 0 spiro atoms. The summed E-state index contributed by atoms with van der Waals surface area (Å²) >= 11 is 0. The highest BCUT2D eigenvalue weighted by atomic mass is 14.9. The zero-order valence-electron chi connectivity index (χ0n) is 8.72. The summed E-state index contributed by atoms with van der Waals surface area (Å²) in [4.78, 5) is 0. The number of nitrogen functional groups attached to an aromatic ring is 1. The third-order valence-corrected chi connectivity index (χ3v) is 2.95. The predicted molar refractivity (Wildman–Crippen MR) is 60.3 cm³/mol. The molecule has 0 aromatic heterocycles. The van der Waals surface area contributed by atoms with Crippen LogP contribution in [0.3, 0.4) is 0 Å². The Morgan fingerprint density at radius 2 is 2.29 bits per heavy atom. The van der Waals surface area contributed by atoms with Crippen LogP contribution in [0.2, 0.25) is 0 Å². The third-order valence-electron chi connectivity index (χ3n) is 2.95. The van der Waals surface area contributed by atoms with Crippen LogP contribution in [0.5, 0.6) is 0 Å². The highest BCUT2D eigenvalue weighted by Gasteiger charge is 2.17. The van der Waals surface area contributed by atoms with Gasteiger partial charge in [0.1, 0.15) is 0 Å². The van der Waals surface area contributed by atoms with Crippen molar-refractivity contribution in [2.45, 2.75) is 32.2 Å². The van der Waals surface area contributed by atoms with Gasteiger partial charge in [-0.1, -0.05) is 13.0 Å². The Morgan fingerprint density at radius 1 is 1.43 bits per heavy atom. The van der Waals surface area contributed by atoms with Crippen LogP contribution < -0.4 is 11.1 Å². The van der Waals surface area contributed by atoms with Crippen LogP contribution in [-0.2, 0) is 12.8 Å². The maximum Gasteiger partial charge on any atom is 0.0316 e. The largest absolute Gasteiger partial charge is 0.399 e. The summed E-state index contributed by atoms with van der Waals surface area (Å²) in [7, 11) is 0. The van der Waals surface area contributed by atoms with Crippen LogP contribution in [0.4, 0.5) is 5.69 Å². The van der Waals surface area contributed by atoms with Crippen molar-refractivity contribution < 1.29 is 0 Å². The Kier molecular flexibility index (Phi) is 2.73. The van der Waals surface area contributed by atoms with Gasteiger partial charge in [0.25, 0.3) is 0 Å². The van der Waals surface area contributed by atoms with E-state index in [0.717, 1.165) is 18.7 Å². The molecule has 2 nitrogen and oxygen atoms in total. The van der Waals surface area contributed by atoms with Crippen molar-refractivity contribution in [3.05, 3.63) is 29.3 Å². The molecule has 0 heterocycles. The Hall–Kier alpha value is -1.02. The average Bonchev–Trinajstić information content (AvgIpc) is 2.17. The van der Waals surface area contributed by atoms with Crippen molar-refractivity contribution in [2.24, 2.45) is 0 Å². The molecule has 0 amide bonds. The average molecular weight is 190 g/mol. The van der Waals surface area contributed by atoms with Gasteiger partial charge in [0.2, 0.25) is 0 Å². The summed E-state index contributed by atoms with van der Waals surface area (Å²) in [5.41, 5.74) is 9.58. The molecule has 0 radical (unpaired) electrons. The molecule has 1 unspecified atom stereocenters. The van der Waals surface area contributed by atoms with Gasteiger partial charge in [-0.15, -0.1) is 0 Å². The van der Waals surface area contributed by atoms with E-state index in [-0.39, 0.29) is 0 Å². The molecule has 1 aliphatic carbocycles. The molecule has 2 rings (SSSR count). The first-order valence-corrected chi connectivity index (χ1v) is 5.40. The summed E-state index contributed by atoms with van der Waals surface area (Å²) in [6.07, 6.45) is 3.58. The van der Waals surface area contributed by atoms with Gasteiger partial charge >= 0.3 is 0 Å². The molecule has 1 aromatic carbocycles. The predicted octanol–water partition coefficient (Wildman–Crippen LogP) is 1.74. The molecular formula is C12H18N2. The Morgan fingerprint density at radius 3 is 3.07 bits per heavy atom. The van der Waals surface area contributed by atoms with Crippen molar-refractivity contribution in [3.8, 4) is 0 Å². The topological polar surface area (TPSA) is 38.0 Å². The molecule has 3 N–H and O–H groups in total. The van der Waals surface area contributed by atoms with Gasteiger partial charge in [-0.2, -0.15) is 0 Å². The second-order valence-corrected chi connectivity index (χ2v) is 4.03. The van der Waals surface area contributed by atoms with E-state index in [0.29, 0.717) is 6.04 Å². The molecule has 1 atom stereocenters. The number of rotatable bonds is 2. The SMILES string of the molecule is CCNC1CCc2ccc(N)cc2C1. The summed E-state index contributed by atoms with van der Waals surface area (Å²) in [6.45, 7) is 3.22. The number of likely N-dealkylation sites (N-methyl/N-ethyl adjacent to an activating group) is 1. The van der Waals surface area contributed by atoms with Crippen molar-refractivity contribution in [1.82, 2.24) is 5.32 Å². The summed E-state index contributed by atoms with van der Waals surface area (Å²) < 4.78 is 0. The summed E-state index contributed by atoms with van der Waals surface area (Å²) in [5.74, 6) is 0. The monoisotopic (exact) mass is 190 g/mol. The van der Waals surface area contributed by atoms with Gasteiger partial charge < -0.3 is 11.1 Å². The fourth-order valence-corrected chi connectivity index (χ4v) is 2.24. The lowest BCUT2D eigenvalue weighted by molar-refractivity contribution is 0.471. The van der Waals surface area contributed by atoms with Crippen LogP contribution in [0.25, 0.3) is 0 Å². The van der Waals surface area contributed by atoms with E-state index in [1.54, 1.807) is 0 Å². The van der Waals surface area contributed by atoms with Crippen LogP contribution in [0.1, 0.15) is 24.5 Å². The van der Waals surface area contributed by atoms with Crippen molar-refractivity contribution in [1.29, 1.82) is 0 Å². The Bertz CT molecular complexity index is 320. The second kappa shape index (κ2) is 4.01. The fourth-order valence-electron chi connectivity index (χ4n) is 2.24. The number of benzene rings is 1. The van der Waals surface area contributed by atoms with E-state index in [2.05, 4.69) is 24.4 Å². The van der Waals surface area contributed by atoms with Crippen molar-refractivity contribution >= 4 is 5.69 Å². The minimum Gasteiger partial charge on any atom is -0.399 e. The quantitative estimate of drug-likeness (QED) is 0.697. The molecule has 14 heavy (non-hydrogen) atoms. The van der Waals surface area contributed by atoms with Crippen LogP contribution in [0.15, 0.2) is 18.2 Å². The summed E-state index contributed by atoms with van der Waals surface area (Å²) in [6, 6.07) is 6.95. The van der Waals surface area contributed by atoms with Gasteiger partial charge in [-0.05, 0) is 49.1 Å². The summed E-state index contributed by atoms with van der Waals surface area (Å²) in [5, 5.41) is 3.50. The van der Waals surface area contributed by atoms with Gasteiger partial charge in [-0.25, -0.2) is 0 Å². The van der Waals surface area contributed by atoms with E-state index in [9.17, 15) is 0 Å². The number of fused-ring (bicyclic) bond motifs is 1. The molecular weight excluding hydrogens is 172 g/mol. The standard InChI is InChI=1S/C12H18N2/c1-2-14-12-6-4-9-3-5-11(13)7-10(9)8-12/h3,5,7,12,14H,2,4,6,8,13H2,1H3. The molecule has 0 fully saturated rings. The molecule has 0 saturated carbocycles. The van der Waals surface area contributed by atoms with Crippen LogP contribution in [-0.4, -0.2) is 12.6 Å². The minimum absolute atomic E-state index is 0.647. The van der Waals surface area contributed by atoms with Gasteiger partial charge in [0.05, 0.1) is 0 Å². The lowest BCUT2D eigenvalue weighted by Crippen LogP contribution is -2.34. The fraction of sp³-hybridized carbons (Fsp3) is 0.500. The first kappa shape index (κ1) is 9.53. The highest BCUT2D eigenvalue weighted by Crippen LogP contribution is 2.23. The van der Waals surface area contributed by atoms with Crippen LogP contribution in [0, 0.1) is 0 Å². The van der Waals surface area contributed by atoms with Gasteiger partial charge in [-0.3, -0.25) is 0 Å². The number of anilines is 1. The zero-order valence-corrected chi connectivity index (χ0v) is 8.72. The molecule has 1 aliphatic rings. The number of hydrogen-bond acceptors (Lipinski definition) is 2. The molecule has 1 aromatic rings. The normalized spacial score (nSPS) is 20.5. The van der Waals surface area contributed by atoms with Gasteiger partial charge in [0.15, 0.2) is 0 Å². The number of nitrogens with one attached hydrogen (secondary N) is 1. The lowest BCUT2D eigenvalue weighted by Gasteiger charge is -2.25. The second-order valence-electron chi connectivity index (χ2n) is 4.03. The van der Waals surface area contributed by atoms with Gasteiger partial charge in [0, 0.05) is 11.7 Å². The number of aryl methyl sites for hydroxylation is 1. The smallest absolute Gasteiger partial charge is 0.0316 e. The van der Waals surface area contributed by atoms with E-state index in [1.165, 1.54) is 24.0 Å². The third kappa shape index (κ3) is 1.90. The molecule has 76 valence electrons. The Labute approximate surface area is 85.5 Å². The van der Waals surface area contributed by atoms with E-state index >= 15 is 0 Å². The molecule has 0 aliphatic heterocycles. The van der Waals surface area contributed by atoms with Crippen molar-refractivity contribution in [2.75, 3.05) is 12.3 Å². The molecule has 0 bridgehead atoms. The van der Waals surface area contributed by atoms with Crippen molar-refractivity contribution in [3.63, 3.8) is 0 Å². The molecule has 0 saturated heterocycles. The van der Waals surface area contributed by atoms with E-state index in [4.69, 9.17) is 5.73 Å². The van der Waals surface area contributed by atoms with Crippen LogP contribution >= 0.6 is 0 Å². The minimum atomic E-state index is 0.647. The Balaban J connectivity index is 2.16. The first-order valence-electron chi connectivity index (χ1n) is 5.40. The first-order chi connectivity index (χ1) is 6.79. The maximum absolute atomic E-state index is 5.78. The number of nitrogens with two attached hydrogens (primary N) is 1. The number of hydrogen-bond donors (Lipinski definition) is 2.